The van der Waals surface area contributed by atoms with Gasteiger partial charge >= 0.3 is 11.9 Å². The summed E-state index contributed by atoms with van der Waals surface area (Å²) >= 11 is 0. The van der Waals surface area contributed by atoms with E-state index >= 15 is 0 Å². The molecule has 2 unspecified atom stereocenters. The molecule has 0 saturated carbocycles. The minimum Gasteiger partial charge on any atom is -0.466 e. The molecule has 0 N–H and O–H groups in total. The predicted octanol–water partition coefficient (Wildman–Crippen LogP) is 8.75. The van der Waals surface area contributed by atoms with Gasteiger partial charge in [-0.15, -0.1) is 0 Å². The average molecular weight is 617 g/mol. The van der Waals surface area contributed by atoms with Gasteiger partial charge in [-0.1, -0.05) is 120 Å². The molecule has 2 atom stereocenters. The summed E-state index contributed by atoms with van der Waals surface area (Å²) in [6, 6.07) is 36.5. The molecule has 4 aromatic rings. The first-order chi connectivity index (χ1) is 22.4. The molecule has 0 heterocycles. The van der Waals surface area contributed by atoms with Crippen molar-refractivity contribution in [1.82, 2.24) is 0 Å². The number of aryl methyl sites for hydroxylation is 2. The fourth-order valence-electron chi connectivity index (χ4n) is 5.42. The summed E-state index contributed by atoms with van der Waals surface area (Å²) in [5, 5.41) is 9.84. The van der Waals surface area contributed by atoms with Gasteiger partial charge in [0.2, 0.25) is 0 Å². The van der Waals surface area contributed by atoms with Crippen molar-refractivity contribution >= 4 is 23.4 Å². The third kappa shape index (κ3) is 10.4. The van der Waals surface area contributed by atoms with Crippen LogP contribution in [-0.4, -0.2) is 36.6 Å². The Balaban J connectivity index is 1.78. The largest absolute Gasteiger partial charge is 0.466 e. The first kappa shape index (κ1) is 34.0. The lowest BCUT2D eigenvalue weighted by atomic mass is 9.88. The molecule has 6 heteroatoms. The van der Waals surface area contributed by atoms with Crippen molar-refractivity contribution in [3.05, 3.63) is 143 Å². The van der Waals surface area contributed by atoms with Crippen LogP contribution in [0.3, 0.4) is 0 Å². The standard InChI is InChI=1S/C40H44N2O4/c1-5-45-39(43)27-35(31-21-17-29(3)18-22-31)25-37(33-13-9-7-10-14-33)41-42-38(34-15-11-8-12-16-34)26-36(28-40(44)46-6-2)32-23-19-30(4)20-24-32/h7-24,35-36H,5-6,25-28H2,1-4H3/b41-37+,42-38+. The van der Waals surface area contributed by atoms with Crippen LogP contribution in [0, 0.1) is 13.8 Å². The minimum atomic E-state index is -0.242. The van der Waals surface area contributed by atoms with Gasteiger partial charge in [0.05, 0.1) is 37.5 Å². The van der Waals surface area contributed by atoms with Crippen LogP contribution in [0.1, 0.15) is 84.7 Å². The zero-order chi connectivity index (χ0) is 32.7. The summed E-state index contributed by atoms with van der Waals surface area (Å²) < 4.78 is 10.7. The van der Waals surface area contributed by atoms with Crippen molar-refractivity contribution in [2.24, 2.45) is 10.2 Å². The van der Waals surface area contributed by atoms with E-state index in [1.54, 1.807) is 0 Å². The van der Waals surface area contributed by atoms with Crippen LogP contribution in [-0.2, 0) is 19.1 Å². The smallest absolute Gasteiger partial charge is 0.306 e. The zero-order valence-electron chi connectivity index (χ0n) is 27.3. The fraction of sp³-hybridized carbons (Fsp3) is 0.300. The second kappa shape index (κ2) is 17.6. The van der Waals surface area contributed by atoms with Gasteiger partial charge in [-0.05, 0) is 74.6 Å². The first-order valence-corrected chi connectivity index (χ1v) is 16.0. The van der Waals surface area contributed by atoms with Crippen LogP contribution in [0.25, 0.3) is 0 Å². The minimum absolute atomic E-state index is 0.155. The van der Waals surface area contributed by atoms with Crippen molar-refractivity contribution in [2.45, 2.75) is 65.2 Å². The van der Waals surface area contributed by atoms with Gasteiger partial charge < -0.3 is 9.47 Å². The summed E-state index contributed by atoms with van der Waals surface area (Å²) in [6.07, 6.45) is 1.43. The number of carbonyl (C=O) groups excluding carboxylic acids is 2. The number of ether oxygens (including phenoxy) is 2. The van der Waals surface area contributed by atoms with E-state index in [0.717, 1.165) is 44.8 Å². The highest BCUT2D eigenvalue weighted by atomic mass is 16.5. The molecule has 4 aromatic carbocycles. The molecule has 4 rings (SSSR count). The van der Waals surface area contributed by atoms with E-state index in [0.29, 0.717) is 26.1 Å². The van der Waals surface area contributed by atoms with Crippen LogP contribution in [0.15, 0.2) is 119 Å². The first-order valence-electron chi connectivity index (χ1n) is 16.0. The van der Waals surface area contributed by atoms with Gasteiger partial charge in [0.1, 0.15) is 0 Å². The second-order valence-electron chi connectivity index (χ2n) is 11.5. The van der Waals surface area contributed by atoms with Crippen LogP contribution < -0.4 is 0 Å². The Morgan fingerprint density at radius 1 is 0.522 bits per heavy atom. The van der Waals surface area contributed by atoms with Gasteiger partial charge in [0.25, 0.3) is 0 Å². The number of benzene rings is 4. The van der Waals surface area contributed by atoms with E-state index in [-0.39, 0.29) is 36.6 Å². The van der Waals surface area contributed by atoms with Crippen molar-refractivity contribution in [1.29, 1.82) is 0 Å². The molecule has 46 heavy (non-hydrogen) atoms. The van der Waals surface area contributed by atoms with Crippen molar-refractivity contribution in [3.63, 3.8) is 0 Å². The Morgan fingerprint density at radius 2 is 0.870 bits per heavy atom. The molecule has 0 saturated heterocycles. The summed E-state index contributed by atoms with van der Waals surface area (Å²) in [5.41, 5.74) is 7.79. The Bertz CT molecular complexity index is 1470. The fourth-order valence-corrected chi connectivity index (χ4v) is 5.42. The molecule has 0 fully saturated rings. The molecule has 0 aliphatic heterocycles. The SMILES string of the molecule is CCOC(=O)CC(C/C(=N\N=C(/CC(CC(=O)OCC)c1ccc(C)cc1)c1ccccc1)c1ccccc1)c1ccc(C)cc1. The number of nitrogens with zero attached hydrogens (tertiary/aromatic N) is 2. The van der Waals surface area contributed by atoms with E-state index in [4.69, 9.17) is 19.7 Å². The summed E-state index contributed by atoms with van der Waals surface area (Å²) in [6.45, 7) is 8.40. The Kier molecular flexibility index (Phi) is 13.0. The molecule has 0 amide bonds. The summed E-state index contributed by atoms with van der Waals surface area (Å²) in [7, 11) is 0. The molecule has 238 valence electrons. The van der Waals surface area contributed by atoms with E-state index in [2.05, 4.69) is 48.5 Å². The number of esters is 2. The summed E-state index contributed by atoms with van der Waals surface area (Å²) in [4.78, 5) is 25.5. The van der Waals surface area contributed by atoms with Crippen LogP contribution in [0.2, 0.25) is 0 Å². The van der Waals surface area contributed by atoms with Gasteiger partial charge in [0, 0.05) is 0 Å². The van der Waals surface area contributed by atoms with Gasteiger partial charge in [0.15, 0.2) is 0 Å². The highest BCUT2D eigenvalue weighted by molar-refractivity contribution is 6.04. The zero-order valence-corrected chi connectivity index (χ0v) is 27.3. The van der Waals surface area contributed by atoms with Gasteiger partial charge in [-0.2, -0.15) is 10.2 Å². The molecule has 0 spiro atoms. The van der Waals surface area contributed by atoms with Crippen molar-refractivity contribution in [3.8, 4) is 0 Å². The lowest BCUT2D eigenvalue weighted by molar-refractivity contribution is -0.144. The Hall–Kier alpha value is -4.84. The molecule has 0 aromatic heterocycles. The van der Waals surface area contributed by atoms with Crippen LogP contribution in [0.5, 0.6) is 0 Å². The number of hydrogen-bond donors (Lipinski definition) is 0. The third-order valence-electron chi connectivity index (χ3n) is 7.92. The molecule has 0 bridgehead atoms. The number of carbonyl (C=O) groups is 2. The van der Waals surface area contributed by atoms with Crippen molar-refractivity contribution < 1.29 is 19.1 Å². The molecular formula is C40H44N2O4. The Labute approximate surface area is 273 Å². The maximum Gasteiger partial charge on any atom is 0.306 e. The molecule has 0 aliphatic rings. The quantitative estimate of drug-likeness (QED) is 0.0760. The maximum absolute atomic E-state index is 12.7. The molecule has 0 aliphatic carbocycles. The van der Waals surface area contributed by atoms with Gasteiger partial charge in [-0.3, -0.25) is 9.59 Å². The molecule has 0 radical (unpaired) electrons. The van der Waals surface area contributed by atoms with Crippen molar-refractivity contribution in [2.75, 3.05) is 13.2 Å². The van der Waals surface area contributed by atoms with Gasteiger partial charge in [-0.25, -0.2) is 0 Å². The topological polar surface area (TPSA) is 77.3 Å². The third-order valence-corrected chi connectivity index (χ3v) is 7.92. The predicted molar refractivity (Wildman–Crippen MR) is 186 cm³/mol. The van der Waals surface area contributed by atoms with E-state index in [1.165, 1.54) is 0 Å². The van der Waals surface area contributed by atoms with E-state index < -0.39 is 0 Å². The number of rotatable bonds is 15. The molecular weight excluding hydrogens is 572 g/mol. The lowest BCUT2D eigenvalue weighted by Crippen LogP contribution is -2.16. The van der Waals surface area contributed by atoms with E-state index in [1.807, 2.05) is 88.4 Å². The van der Waals surface area contributed by atoms with E-state index in [9.17, 15) is 9.59 Å². The lowest BCUT2D eigenvalue weighted by Gasteiger charge is -2.19. The Morgan fingerprint density at radius 3 is 1.20 bits per heavy atom. The van der Waals surface area contributed by atoms with Crippen LogP contribution in [0.4, 0.5) is 0 Å². The molecule has 6 nitrogen and oxygen atoms in total. The second-order valence-corrected chi connectivity index (χ2v) is 11.5. The number of hydrogen-bond acceptors (Lipinski definition) is 6. The van der Waals surface area contributed by atoms with Crippen LogP contribution >= 0.6 is 0 Å². The normalized spacial score (nSPS) is 13.1. The highest BCUT2D eigenvalue weighted by Crippen LogP contribution is 2.29. The summed E-state index contributed by atoms with van der Waals surface area (Å²) in [5.74, 6) is -0.793. The monoisotopic (exact) mass is 616 g/mol. The maximum atomic E-state index is 12.7. The highest BCUT2D eigenvalue weighted by Gasteiger charge is 2.23. The average Bonchev–Trinajstić information content (AvgIpc) is 3.07.